The van der Waals surface area contributed by atoms with E-state index >= 15 is 0 Å². The fourth-order valence-corrected chi connectivity index (χ4v) is 2.16. The number of hydrazone groups is 1. The first-order valence-corrected chi connectivity index (χ1v) is 6.33. The normalized spacial score (nSPS) is 19.4. The fourth-order valence-electron chi connectivity index (χ4n) is 2.16. The third-order valence-electron chi connectivity index (χ3n) is 3.33. The van der Waals surface area contributed by atoms with Gasteiger partial charge in [-0.2, -0.15) is 5.10 Å². The molecule has 1 N–H and O–H groups in total. The molecule has 8 nitrogen and oxygen atoms in total. The Bertz CT molecular complexity index is 666. The monoisotopic (exact) mass is 290 g/mol. The molecule has 8 heteroatoms. The number of nitrogens with zero attached hydrogens (tertiary/aromatic N) is 3. The van der Waals surface area contributed by atoms with Crippen molar-refractivity contribution in [3.8, 4) is 0 Å². The number of benzene rings is 1. The number of allylic oxidation sites excluding steroid dienone is 2. The van der Waals surface area contributed by atoms with E-state index in [1.807, 2.05) is 13.8 Å². The van der Waals surface area contributed by atoms with E-state index in [0.29, 0.717) is 0 Å². The maximum Gasteiger partial charge on any atom is 0.301 e. The van der Waals surface area contributed by atoms with Crippen LogP contribution < -0.4 is 5.43 Å². The molecule has 0 amide bonds. The van der Waals surface area contributed by atoms with E-state index in [1.165, 1.54) is 12.1 Å². The lowest BCUT2D eigenvalue weighted by atomic mass is 10.1. The zero-order valence-corrected chi connectivity index (χ0v) is 11.6. The molecule has 21 heavy (non-hydrogen) atoms. The Balaban J connectivity index is 2.32. The minimum Gasteiger partial charge on any atom is -0.271 e. The molecular weight excluding hydrogens is 276 g/mol. The van der Waals surface area contributed by atoms with Gasteiger partial charge in [0, 0.05) is 12.0 Å². The lowest BCUT2D eigenvalue weighted by molar-refractivity contribution is -0.393. The highest BCUT2D eigenvalue weighted by Crippen LogP contribution is 2.29. The van der Waals surface area contributed by atoms with Gasteiger partial charge in [-0.1, -0.05) is 13.0 Å². The van der Waals surface area contributed by atoms with Crippen LogP contribution in [0, 0.1) is 26.1 Å². The molecule has 110 valence electrons. The Kier molecular flexibility index (Phi) is 3.97. The second kappa shape index (κ2) is 5.70. The summed E-state index contributed by atoms with van der Waals surface area (Å²) in [5.41, 5.74) is 3.94. The first-order chi connectivity index (χ1) is 9.90. The van der Waals surface area contributed by atoms with E-state index in [4.69, 9.17) is 0 Å². The van der Waals surface area contributed by atoms with Crippen molar-refractivity contribution < 1.29 is 9.85 Å². The van der Waals surface area contributed by atoms with E-state index in [1.54, 1.807) is 0 Å². The Morgan fingerprint density at radius 3 is 2.52 bits per heavy atom. The number of hydrogen-bond acceptors (Lipinski definition) is 6. The van der Waals surface area contributed by atoms with Crippen LogP contribution in [0.1, 0.15) is 20.3 Å². The van der Waals surface area contributed by atoms with Crippen molar-refractivity contribution in [1.29, 1.82) is 0 Å². The van der Waals surface area contributed by atoms with Gasteiger partial charge in [-0.15, -0.1) is 0 Å². The molecule has 0 aliphatic heterocycles. The van der Waals surface area contributed by atoms with Crippen LogP contribution in [0.5, 0.6) is 0 Å². The molecule has 1 aliphatic carbocycles. The molecule has 0 heterocycles. The summed E-state index contributed by atoms with van der Waals surface area (Å²) in [5.74, 6) is 0.245. The molecule has 1 atom stereocenters. The second-order valence-corrected chi connectivity index (χ2v) is 4.85. The van der Waals surface area contributed by atoms with Crippen LogP contribution in [0.15, 0.2) is 34.9 Å². The maximum absolute atomic E-state index is 11.0. The molecule has 0 saturated carbocycles. The van der Waals surface area contributed by atoms with Gasteiger partial charge >= 0.3 is 5.69 Å². The minimum absolute atomic E-state index is 0.130. The molecule has 0 unspecified atom stereocenters. The van der Waals surface area contributed by atoms with E-state index < -0.39 is 9.85 Å². The molecule has 1 aromatic carbocycles. The minimum atomic E-state index is -0.672. The van der Waals surface area contributed by atoms with Crippen LogP contribution in [0.4, 0.5) is 17.1 Å². The molecule has 1 aromatic rings. The Labute approximate surface area is 120 Å². The van der Waals surface area contributed by atoms with Crippen molar-refractivity contribution >= 4 is 22.8 Å². The van der Waals surface area contributed by atoms with Crippen LogP contribution in [0.3, 0.4) is 0 Å². The summed E-state index contributed by atoms with van der Waals surface area (Å²) in [6.07, 6.45) is 2.93. The van der Waals surface area contributed by atoms with Crippen LogP contribution in [0.25, 0.3) is 0 Å². The van der Waals surface area contributed by atoms with Crippen molar-refractivity contribution in [3.63, 3.8) is 0 Å². The van der Waals surface area contributed by atoms with Gasteiger partial charge in [-0.05, 0) is 25.0 Å². The standard InChI is InChI=1S/C13H14N4O4/c1-8-3-4-9(2)13(8)15-14-11-6-5-10(16(18)19)7-12(11)17(20)21/h3,5-7,9,14H,4H2,1-2H3/b15-13+/t9-/m0/s1. The third kappa shape index (κ3) is 3.04. The van der Waals surface area contributed by atoms with Gasteiger partial charge in [0.15, 0.2) is 0 Å². The van der Waals surface area contributed by atoms with E-state index in [-0.39, 0.29) is 23.0 Å². The zero-order chi connectivity index (χ0) is 15.6. The average molecular weight is 290 g/mol. The average Bonchev–Trinajstić information content (AvgIpc) is 2.75. The topological polar surface area (TPSA) is 111 Å². The van der Waals surface area contributed by atoms with Gasteiger partial charge in [0.2, 0.25) is 0 Å². The fraction of sp³-hybridized carbons (Fsp3) is 0.308. The predicted octanol–water partition coefficient (Wildman–Crippen LogP) is 3.26. The van der Waals surface area contributed by atoms with Gasteiger partial charge < -0.3 is 0 Å². The first-order valence-electron chi connectivity index (χ1n) is 6.33. The van der Waals surface area contributed by atoms with Gasteiger partial charge in [-0.3, -0.25) is 25.7 Å². The molecule has 0 spiro atoms. The maximum atomic E-state index is 11.0. The predicted molar refractivity (Wildman–Crippen MR) is 78.3 cm³/mol. The number of nitrogens with one attached hydrogen (secondary N) is 1. The van der Waals surface area contributed by atoms with Crippen LogP contribution in [0.2, 0.25) is 0 Å². The smallest absolute Gasteiger partial charge is 0.271 e. The molecule has 0 saturated heterocycles. The highest BCUT2D eigenvalue weighted by molar-refractivity contribution is 6.03. The quantitative estimate of drug-likeness (QED) is 0.675. The molecular formula is C13H14N4O4. The highest BCUT2D eigenvalue weighted by atomic mass is 16.6. The lowest BCUT2D eigenvalue weighted by Gasteiger charge is -2.07. The van der Waals surface area contributed by atoms with Crippen LogP contribution in [-0.4, -0.2) is 15.6 Å². The van der Waals surface area contributed by atoms with Gasteiger partial charge in [-0.25, -0.2) is 0 Å². The van der Waals surface area contributed by atoms with E-state index in [2.05, 4.69) is 16.6 Å². The Hall–Kier alpha value is -2.77. The lowest BCUT2D eigenvalue weighted by Crippen LogP contribution is -2.09. The van der Waals surface area contributed by atoms with E-state index in [9.17, 15) is 20.2 Å². The Morgan fingerprint density at radius 2 is 2.00 bits per heavy atom. The summed E-state index contributed by atoms with van der Waals surface area (Å²) in [7, 11) is 0. The van der Waals surface area contributed by atoms with Crippen molar-refractivity contribution in [3.05, 3.63) is 50.1 Å². The van der Waals surface area contributed by atoms with E-state index in [0.717, 1.165) is 23.8 Å². The molecule has 2 rings (SSSR count). The molecule has 0 radical (unpaired) electrons. The van der Waals surface area contributed by atoms with Gasteiger partial charge in [0.25, 0.3) is 5.69 Å². The first kappa shape index (κ1) is 14.6. The summed E-state index contributed by atoms with van der Waals surface area (Å²) in [4.78, 5) is 20.3. The number of rotatable bonds is 4. The number of nitro benzene ring substituents is 2. The van der Waals surface area contributed by atoms with Crippen molar-refractivity contribution in [2.24, 2.45) is 11.0 Å². The number of nitro groups is 2. The van der Waals surface area contributed by atoms with Gasteiger partial charge in [0.1, 0.15) is 5.69 Å². The zero-order valence-electron chi connectivity index (χ0n) is 11.6. The van der Waals surface area contributed by atoms with Crippen molar-refractivity contribution in [1.82, 2.24) is 0 Å². The summed E-state index contributed by atoms with van der Waals surface area (Å²) in [5, 5.41) is 25.9. The SMILES string of the molecule is CC1=CC[C@H](C)/C1=N/Nc1ccc([N+](=O)[O-])cc1[N+](=O)[O-]. The number of non-ortho nitro benzene ring substituents is 1. The van der Waals surface area contributed by atoms with Crippen LogP contribution in [-0.2, 0) is 0 Å². The molecule has 1 aliphatic rings. The number of anilines is 1. The summed E-state index contributed by atoms with van der Waals surface area (Å²) in [6.45, 7) is 3.94. The number of hydrogen-bond donors (Lipinski definition) is 1. The third-order valence-corrected chi connectivity index (χ3v) is 3.33. The Morgan fingerprint density at radius 1 is 1.29 bits per heavy atom. The molecule has 0 fully saturated rings. The summed E-state index contributed by atoms with van der Waals surface area (Å²) >= 11 is 0. The van der Waals surface area contributed by atoms with Crippen molar-refractivity contribution in [2.45, 2.75) is 20.3 Å². The van der Waals surface area contributed by atoms with Crippen molar-refractivity contribution in [2.75, 3.05) is 5.43 Å². The summed E-state index contributed by atoms with van der Waals surface area (Å²) in [6, 6.07) is 3.42. The summed E-state index contributed by atoms with van der Waals surface area (Å²) < 4.78 is 0. The molecule has 0 bridgehead atoms. The van der Waals surface area contributed by atoms with Gasteiger partial charge in [0.05, 0.1) is 21.6 Å². The second-order valence-electron chi connectivity index (χ2n) is 4.85. The van der Waals surface area contributed by atoms with Crippen LogP contribution >= 0.6 is 0 Å². The largest absolute Gasteiger partial charge is 0.301 e. The molecule has 0 aromatic heterocycles. The highest BCUT2D eigenvalue weighted by Gasteiger charge is 2.21.